The van der Waals surface area contributed by atoms with Crippen molar-refractivity contribution in [1.82, 2.24) is 4.31 Å². The molecule has 1 aliphatic heterocycles. The van der Waals surface area contributed by atoms with Crippen molar-refractivity contribution in [3.8, 4) is 5.75 Å². The van der Waals surface area contributed by atoms with Crippen molar-refractivity contribution < 1.29 is 17.9 Å². The predicted octanol–water partition coefficient (Wildman–Crippen LogP) is 2.10. The van der Waals surface area contributed by atoms with Gasteiger partial charge in [-0.1, -0.05) is 11.6 Å². The number of ether oxygens (including phenoxy) is 1. The molecule has 0 bridgehead atoms. The van der Waals surface area contributed by atoms with Gasteiger partial charge in [-0.3, -0.25) is 4.79 Å². The number of carbonyl (C=O) groups is 1. The number of nitrogens with zero attached hydrogens (tertiary/aromatic N) is 1. The van der Waals surface area contributed by atoms with Gasteiger partial charge in [0.2, 0.25) is 15.9 Å². The van der Waals surface area contributed by atoms with E-state index in [0.717, 1.165) is 0 Å². The lowest BCUT2D eigenvalue weighted by atomic mass is 10.2. The molecule has 0 radical (unpaired) electrons. The SMILES string of the molecule is CCS(=O)(=O)N1CCCC1C(=O)Nc1cc(Cl)ccc1OC. The Bertz CT molecular complexity index is 663. The van der Waals surface area contributed by atoms with E-state index in [0.29, 0.717) is 35.8 Å². The zero-order chi connectivity index (χ0) is 16.3. The van der Waals surface area contributed by atoms with Crippen LogP contribution < -0.4 is 10.1 Å². The fraction of sp³-hybridized carbons (Fsp3) is 0.500. The lowest BCUT2D eigenvalue weighted by Gasteiger charge is -2.23. The minimum atomic E-state index is -3.39. The number of carbonyl (C=O) groups excluding carboxylic acids is 1. The summed E-state index contributed by atoms with van der Waals surface area (Å²) in [5.41, 5.74) is 0.431. The molecule has 1 aromatic rings. The van der Waals surface area contributed by atoms with E-state index in [9.17, 15) is 13.2 Å². The first-order valence-corrected chi connectivity index (χ1v) is 9.01. The van der Waals surface area contributed by atoms with Gasteiger partial charge in [0.1, 0.15) is 11.8 Å². The summed E-state index contributed by atoms with van der Waals surface area (Å²) >= 11 is 5.93. The Labute approximate surface area is 135 Å². The molecule has 1 N–H and O–H groups in total. The van der Waals surface area contributed by atoms with Gasteiger partial charge in [0.25, 0.3) is 0 Å². The molecule has 8 heteroatoms. The van der Waals surface area contributed by atoms with E-state index >= 15 is 0 Å². The van der Waals surface area contributed by atoms with Crippen LogP contribution in [0.1, 0.15) is 19.8 Å². The highest BCUT2D eigenvalue weighted by atomic mass is 35.5. The summed E-state index contributed by atoms with van der Waals surface area (Å²) in [4.78, 5) is 12.5. The van der Waals surface area contributed by atoms with Crippen LogP contribution in [0.25, 0.3) is 0 Å². The molecule has 1 aromatic carbocycles. The molecular weight excluding hydrogens is 328 g/mol. The van der Waals surface area contributed by atoms with Crippen LogP contribution in [0.4, 0.5) is 5.69 Å². The molecule has 2 rings (SSSR count). The summed E-state index contributed by atoms with van der Waals surface area (Å²) in [5.74, 6) is 0.0906. The van der Waals surface area contributed by atoms with Crippen LogP contribution in [0.2, 0.25) is 5.02 Å². The second kappa shape index (κ2) is 6.85. The number of nitrogens with one attached hydrogen (secondary N) is 1. The molecule has 1 heterocycles. The highest BCUT2D eigenvalue weighted by Crippen LogP contribution is 2.29. The maximum atomic E-state index is 12.5. The number of hydrogen-bond acceptors (Lipinski definition) is 4. The van der Waals surface area contributed by atoms with Gasteiger partial charge in [0, 0.05) is 11.6 Å². The van der Waals surface area contributed by atoms with Crippen LogP contribution in [0.5, 0.6) is 5.75 Å². The summed E-state index contributed by atoms with van der Waals surface area (Å²) in [6, 6.07) is 4.19. The van der Waals surface area contributed by atoms with E-state index in [1.807, 2.05) is 0 Å². The number of benzene rings is 1. The summed E-state index contributed by atoms with van der Waals surface area (Å²) in [6.07, 6.45) is 1.18. The van der Waals surface area contributed by atoms with Gasteiger partial charge >= 0.3 is 0 Å². The minimum absolute atomic E-state index is 0.0166. The number of sulfonamides is 1. The predicted molar refractivity (Wildman–Crippen MR) is 85.8 cm³/mol. The van der Waals surface area contributed by atoms with Crippen LogP contribution in [0.15, 0.2) is 18.2 Å². The molecule has 6 nitrogen and oxygen atoms in total. The van der Waals surface area contributed by atoms with Crippen LogP contribution in [-0.2, 0) is 14.8 Å². The summed E-state index contributed by atoms with van der Waals surface area (Å²) in [6.45, 7) is 1.95. The van der Waals surface area contributed by atoms with Crippen molar-refractivity contribution >= 4 is 33.2 Å². The third-order valence-electron chi connectivity index (χ3n) is 3.65. The van der Waals surface area contributed by atoms with Crippen LogP contribution >= 0.6 is 11.6 Å². The molecule has 1 atom stereocenters. The third kappa shape index (κ3) is 3.53. The smallest absolute Gasteiger partial charge is 0.242 e. The molecule has 22 heavy (non-hydrogen) atoms. The number of methoxy groups -OCH3 is 1. The van der Waals surface area contributed by atoms with E-state index in [4.69, 9.17) is 16.3 Å². The van der Waals surface area contributed by atoms with Crippen LogP contribution in [0, 0.1) is 0 Å². The molecule has 1 fully saturated rings. The molecule has 0 spiro atoms. The molecular formula is C14H19ClN2O4S. The van der Waals surface area contributed by atoms with E-state index in [1.54, 1.807) is 25.1 Å². The Morgan fingerprint density at radius 3 is 2.86 bits per heavy atom. The molecule has 0 aliphatic carbocycles. The van der Waals surface area contributed by atoms with Crippen molar-refractivity contribution in [1.29, 1.82) is 0 Å². The number of halogens is 1. The van der Waals surface area contributed by atoms with Gasteiger partial charge < -0.3 is 10.1 Å². The Balaban J connectivity index is 2.20. The monoisotopic (exact) mass is 346 g/mol. The largest absolute Gasteiger partial charge is 0.495 e. The number of hydrogen-bond donors (Lipinski definition) is 1. The lowest BCUT2D eigenvalue weighted by molar-refractivity contribution is -0.119. The van der Waals surface area contributed by atoms with Crippen LogP contribution in [0.3, 0.4) is 0 Å². The normalized spacial score (nSPS) is 19.1. The maximum Gasteiger partial charge on any atom is 0.242 e. The van der Waals surface area contributed by atoms with Crippen molar-refractivity contribution in [2.75, 3.05) is 24.7 Å². The van der Waals surface area contributed by atoms with Crippen molar-refractivity contribution in [2.24, 2.45) is 0 Å². The van der Waals surface area contributed by atoms with E-state index < -0.39 is 16.1 Å². The van der Waals surface area contributed by atoms with Crippen molar-refractivity contribution in [2.45, 2.75) is 25.8 Å². The van der Waals surface area contributed by atoms with Gasteiger partial charge in [-0.2, -0.15) is 4.31 Å². The highest BCUT2D eigenvalue weighted by molar-refractivity contribution is 7.89. The molecule has 1 saturated heterocycles. The highest BCUT2D eigenvalue weighted by Gasteiger charge is 2.37. The maximum absolute atomic E-state index is 12.5. The fourth-order valence-corrected chi connectivity index (χ4v) is 3.99. The van der Waals surface area contributed by atoms with Crippen LogP contribution in [-0.4, -0.2) is 44.1 Å². The summed E-state index contributed by atoms with van der Waals surface area (Å²) < 4.78 is 30.5. The Hall–Kier alpha value is -1.31. The van der Waals surface area contributed by atoms with E-state index in [1.165, 1.54) is 11.4 Å². The second-order valence-electron chi connectivity index (χ2n) is 5.00. The Morgan fingerprint density at radius 1 is 1.50 bits per heavy atom. The zero-order valence-corrected chi connectivity index (χ0v) is 14.1. The first kappa shape index (κ1) is 17.1. The van der Waals surface area contributed by atoms with Crippen molar-refractivity contribution in [3.05, 3.63) is 23.2 Å². The molecule has 0 saturated carbocycles. The van der Waals surface area contributed by atoms with Gasteiger partial charge in [-0.25, -0.2) is 8.42 Å². The van der Waals surface area contributed by atoms with E-state index in [-0.39, 0.29) is 11.7 Å². The third-order valence-corrected chi connectivity index (χ3v) is 5.76. The first-order valence-electron chi connectivity index (χ1n) is 7.03. The number of rotatable bonds is 5. The average Bonchev–Trinajstić information content (AvgIpc) is 2.98. The zero-order valence-electron chi connectivity index (χ0n) is 12.5. The van der Waals surface area contributed by atoms with Gasteiger partial charge in [0.15, 0.2) is 0 Å². The molecule has 1 aliphatic rings. The Morgan fingerprint density at radius 2 is 2.23 bits per heavy atom. The number of amides is 1. The molecule has 1 amide bonds. The molecule has 1 unspecified atom stereocenters. The Kier molecular flexibility index (Phi) is 5.31. The molecule has 122 valence electrons. The minimum Gasteiger partial charge on any atom is -0.495 e. The quantitative estimate of drug-likeness (QED) is 0.885. The van der Waals surface area contributed by atoms with Gasteiger partial charge in [0.05, 0.1) is 18.6 Å². The second-order valence-corrected chi connectivity index (χ2v) is 7.65. The average molecular weight is 347 g/mol. The topological polar surface area (TPSA) is 75.7 Å². The summed E-state index contributed by atoms with van der Waals surface area (Å²) in [7, 11) is -1.90. The number of anilines is 1. The van der Waals surface area contributed by atoms with Crippen molar-refractivity contribution in [3.63, 3.8) is 0 Å². The first-order chi connectivity index (χ1) is 10.4. The fourth-order valence-electron chi connectivity index (χ4n) is 2.49. The standard InChI is InChI=1S/C14H19ClN2O4S/c1-3-22(19,20)17-8-4-5-12(17)14(18)16-11-9-10(15)6-7-13(11)21-2/h6-7,9,12H,3-5,8H2,1-2H3,(H,16,18). The van der Waals surface area contributed by atoms with E-state index in [2.05, 4.69) is 5.32 Å². The summed E-state index contributed by atoms with van der Waals surface area (Å²) in [5, 5.41) is 3.17. The lowest BCUT2D eigenvalue weighted by Crippen LogP contribution is -2.43. The molecule has 0 aromatic heterocycles. The van der Waals surface area contributed by atoms with Gasteiger partial charge in [-0.15, -0.1) is 0 Å². The van der Waals surface area contributed by atoms with Gasteiger partial charge in [-0.05, 0) is 38.0 Å².